The van der Waals surface area contributed by atoms with Crippen molar-refractivity contribution in [2.75, 3.05) is 13.2 Å². The minimum Gasteiger partial charge on any atom is -0.455 e. The van der Waals surface area contributed by atoms with Crippen LogP contribution in [0.15, 0.2) is 4.90 Å². The van der Waals surface area contributed by atoms with E-state index >= 15 is 0 Å². The fourth-order valence-electron chi connectivity index (χ4n) is 1.41. The van der Waals surface area contributed by atoms with Gasteiger partial charge in [-0.25, -0.2) is 13.2 Å². The van der Waals surface area contributed by atoms with Gasteiger partial charge >= 0.3 is 5.97 Å². The molecule has 0 aliphatic heterocycles. The number of H-pyrrole nitrogens is 1. The van der Waals surface area contributed by atoms with E-state index in [0.717, 1.165) is 0 Å². The van der Waals surface area contributed by atoms with Crippen molar-refractivity contribution in [3.05, 3.63) is 11.4 Å². The Morgan fingerprint density at radius 2 is 2.16 bits per heavy atom. The Hall–Kier alpha value is -1.12. The topological polar surface area (TPSA) is 98.3 Å². The first-order chi connectivity index (χ1) is 8.77. The first-order valence-corrected chi connectivity index (χ1v) is 7.86. The normalized spacial score (nSPS) is 13.3. The molecule has 1 atom stereocenters. The third-order valence-electron chi connectivity index (χ3n) is 2.19. The fourth-order valence-corrected chi connectivity index (χ4v) is 2.75. The predicted molar refractivity (Wildman–Crippen MR) is 67.7 cm³/mol. The van der Waals surface area contributed by atoms with Crippen molar-refractivity contribution in [1.29, 1.82) is 0 Å². The molecule has 7 nitrogen and oxygen atoms in total. The highest BCUT2D eigenvalue weighted by molar-refractivity contribution is 8.13. The number of nitrogens with zero attached hydrogens (tertiary/aromatic N) is 1. The number of esters is 1. The van der Waals surface area contributed by atoms with Crippen LogP contribution < -0.4 is 0 Å². The van der Waals surface area contributed by atoms with Gasteiger partial charge in [-0.2, -0.15) is 5.10 Å². The maximum absolute atomic E-state index is 11.8. The number of rotatable bonds is 6. The first-order valence-electron chi connectivity index (χ1n) is 5.55. The Morgan fingerprint density at radius 3 is 2.68 bits per heavy atom. The lowest BCUT2D eigenvalue weighted by Crippen LogP contribution is -2.21. The van der Waals surface area contributed by atoms with Crippen molar-refractivity contribution < 1.29 is 22.7 Å². The summed E-state index contributed by atoms with van der Waals surface area (Å²) in [6, 6.07) is 0. The zero-order valence-electron chi connectivity index (χ0n) is 10.8. The van der Waals surface area contributed by atoms with Crippen molar-refractivity contribution in [2.45, 2.75) is 31.8 Å². The monoisotopic (exact) mass is 310 g/mol. The zero-order chi connectivity index (χ0) is 14.6. The largest absolute Gasteiger partial charge is 0.455 e. The van der Waals surface area contributed by atoms with Crippen molar-refractivity contribution >= 4 is 25.7 Å². The minimum atomic E-state index is -4.07. The van der Waals surface area contributed by atoms with Crippen molar-refractivity contribution in [3.8, 4) is 0 Å². The number of aromatic amines is 1. The molecule has 1 aromatic heterocycles. The third-order valence-corrected chi connectivity index (χ3v) is 3.64. The van der Waals surface area contributed by atoms with E-state index in [9.17, 15) is 13.2 Å². The summed E-state index contributed by atoms with van der Waals surface area (Å²) in [4.78, 5) is 11.5. The summed E-state index contributed by atoms with van der Waals surface area (Å²) in [5, 5.41) is 6.01. The second-order valence-electron chi connectivity index (χ2n) is 3.84. The van der Waals surface area contributed by atoms with E-state index < -0.39 is 21.1 Å². The average Bonchev–Trinajstić information content (AvgIpc) is 2.68. The molecule has 0 bridgehead atoms. The number of aryl methyl sites for hydroxylation is 1. The van der Waals surface area contributed by atoms with Crippen LogP contribution in [0.5, 0.6) is 0 Å². The van der Waals surface area contributed by atoms with Crippen LogP contribution in [0.1, 0.15) is 30.0 Å². The lowest BCUT2D eigenvalue weighted by atomic mass is 10.3. The van der Waals surface area contributed by atoms with Gasteiger partial charge in [0.1, 0.15) is 11.0 Å². The molecule has 0 amide bonds. The summed E-state index contributed by atoms with van der Waals surface area (Å²) in [5.41, 5.74) is -0.171. The van der Waals surface area contributed by atoms with Gasteiger partial charge in [0.2, 0.25) is 0 Å². The van der Waals surface area contributed by atoms with Crippen LogP contribution in [0.4, 0.5) is 0 Å². The van der Waals surface area contributed by atoms with Gasteiger partial charge in [-0.15, -0.1) is 0 Å². The first kappa shape index (κ1) is 15.9. The van der Waals surface area contributed by atoms with Crippen molar-refractivity contribution in [3.63, 3.8) is 0 Å². The van der Waals surface area contributed by atoms with E-state index in [0.29, 0.717) is 6.61 Å². The summed E-state index contributed by atoms with van der Waals surface area (Å²) >= 11 is 0. The summed E-state index contributed by atoms with van der Waals surface area (Å²) < 4.78 is 32.8. The molecular weight excluding hydrogens is 296 g/mol. The molecular formula is C10H15ClN2O5S. The summed E-state index contributed by atoms with van der Waals surface area (Å²) in [6.07, 6.45) is -0.518. The van der Waals surface area contributed by atoms with Crippen LogP contribution >= 0.6 is 10.7 Å². The predicted octanol–water partition coefficient (Wildman–Crippen LogP) is 1.23. The van der Waals surface area contributed by atoms with E-state index in [1.54, 1.807) is 6.92 Å². The van der Waals surface area contributed by atoms with Crippen LogP contribution in [-0.2, 0) is 18.5 Å². The Bertz CT molecular complexity index is 554. The second kappa shape index (κ2) is 6.36. The summed E-state index contributed by atoms with van der Waals surface area (Å²) in [6.45, 7) is 5.59. The van der Waals surface area contributed by atoms with Gasteiger partial charge in [-0.05, 0) is 20.8 Å². The molecule has 1 N–H and O–H groups in total. The Labute approximate surface area is 115 Å². The van der Waals surface area contributed by atoms with E-state index in [4.69, 9.17) is 20.2 Å². The molecule has 0 aromatic carbocycles. The van der Waals surface area contributed by atoms with Crippen LogP contribution in [0, 0.1) is 6.92 Å². The number of halogens is 1. The average molecular weight is 311 g/mol. The molecule has 0 saturated carbocycles. The highest BCUT2D eigenvalue weighted by atomic mass is 35.7. The highest BCUT2D eigenvalue weighted by Gasteiger charge is 2.28. The second-order valence-corrected chi connectivity index (χ2v) is 6.34. The summed E-state index contributed by atoms with van der Waals surface area (Å²) in [7, 11) is 1.18. The number of hydrogen-bond donors (Lipinski definition) is 1. The van der Waals surface area contributed by atoms with Crippen LogP contribution in [-0.4, -0.2) is 43.9 Å². The van der Waals surface area contributed by atoms with Crippen molar-refractivity contribution in [2.24, 2.45) is 0 Å². The molecule has 1 unspecified atom stereocenters. The number of ether oxygens (including phenoxy) is 2. The molecule has 9 heteroatoms. The van der Waals surface area contributed by atoms with Gasteiger partial charge in [0.25, 0.3) is 9.05 Å². The molecule has 19 heavy (non-hydrogen) atoms. The lowest BCUT2D eigenvalue weighted by Gasteiger charge is -2.12. The van der Waals surface area contributed by atoms with E-state index in [1.807, 2.05) is 6.92 Å². The molecule has 0 radical (unpaired) electrons. The minimum absolute atomic E-state index is 0.180. The maximum atomic E-state index is 11.8. The Morgan fingerprint density at radius 1 is 1.53 bits per heavy atom. The maximum Gasteiger partial charge on any atom is 0.360 e. The van der Waals surface area contributed by atoms with Gasteiger partial charge in [0, 0.05) is 17.3 Å². The van der Waals surface area contributed by atoms with Gasteiger partial charge in [-0.1, -0.05) is 0 Å². The van der Waals surface area contributed by atoms with Gasteiger partial charge in [-0.3, -0.25) is 5.10 Å². The number of carbonyl (C=O) groups excluding carboxylic acids is 1. The molecule has 1 aromatic rings. The summed E-state index contributed by atoms with van der Waals surface area (Å²) in [5.74, 6) is -0.865. The Balaban J connectivity index is 2.90. The Kier molecular flexibility index (Phi) is 5.33. The molecule has 0 fully saturated rings. The van der Waals surface area contributed by atoms with Crippen LogP contribution in [0.3, 0.4) is 0 Å². The smallest absolute Gasteiger partial charge is 0.360 e. The number of carbonyl (C=O) groups is 1. The molecule has 1 heterocycles. The van der Waals surface area contributed by atoms with Crippen molar-refractivity contribution in [1.82, 2.24) is 10.2 Å². The quantitative estimate of drug-likeness (QED) is 0.626. The number of nitrogens with one attached hydrogen (secondary N) is 1. The SMILES string of the molecule is CCOCC(C)OC(=O)c1n[nH]c(C)c1S(=O)(=O)Cl. The molecule has 0 aliphatic rings. The molecule has 1 rings (SSSR count). The molecule has 0 aliphatic carbocycles. The van der Waals surface area contributed by atoms with Gasteiger partial charge in [0.15, 0.2) is 5.69 Å². The lowest BCUT2D eigenvalue weighted by molar-refractivity contribution is 0.00353. The van der Waals surface area contributed by atoms with E-state index in [1.165, 1.54) is 6.92 Å². The molecule has 0 spiro atoms. The van der Waals surface area contributed by atoms with Crippen LogP contribution in [0.2, 0.25) is 0 Å². The van der Waals surface area contributed by atoms with Gasteiger partial charge < -0.3 is 9.47 Å². The van der Waals surface area contributed by atoms with E-state index in [-0.39, 0.29) is 22.9 Å². The zero-order valence-corrected chi connectivity index (χ0v) is 12.3. The van der Waals surface area contributed by atoms with Crippen LogP contribution in [0.25, 0.3) is 0 Å². The molecule has 0 saturated heterocycles. The number of hydrogen-bond acceptors (Lipinski definition) is 6. The van der Waals surface area contributed by atoms with Gasteiger partial charge in [0.05, 0.1) is 12.3 Å². The fraction of sp³-hybridized carbons (Fsp3) is 0.600. The number of aromatic nitrogens is 2. The van der Waals surface area contributed by atoms with E-state index in [2.05, 4.69) is 10.2 Å². The molecule has 108 valence electrons. The highest BCUT2D eigenvalue weighted by Crippen LogP contribution is 2.22. The standard InChI is InChI=1S/C10H15ClN2O5S/c1-4-17-5-6(2)18-10(14)8-9(19(11,15)16)7(3)12-13-8/h6H,4-5H2,1-3H3,(H,12,13). The third kappa shape index (κ3) is 4.19.